The summed E-state index contributed by atoms with van der Waals surface area (Å²) in [6, 6.07) is 4.54. The molecule has 0 aliphatic carbocycles. The van der Waals surface area contributed by atoms with Gasteiger partial charge in [-0.05, 0) is 18.1 Å². The third-order valence-corrected chi connectivity index (χ3v) is 2.63. The Hall–Kier alpha value is -2.48. The average molecular weight is 292 g/mol. The van der Waals surface area contributed by atoms with Crippen molar-refractivity contribution in [3.63, 3.8) is 0 Å². The normalized spacial score (nSPS) is 10.9. The molecule has 0 fully saturated rings. The molecule has 0 aliphatic heterocycles. The van der Waals surface area contributed by atoms with E-state index in [1.807, 2.05) is 13.8 Å². The van der Waals surface area contributed by atoms with Crippen LogP contribution in [0.5, 0.6) is 5.75 Å². The van der Waals surface area contributed by atoms with E-state index < -0.39 is 4.92 Å². The summed E-state index contributed by atoms with van der Waals surface area (Å²) >= 11 is 0. The third-order valence-electron chi connectivity index (χ3n) is 2.63. The topological polar surface area (TPSA) is 117 Å². The van der Waals surface area contributed by atoms with Crippen molar-refractivity contribution >= 4 is 5.69 Å². The van der Waals surface area contributed by atoms with Gasteiger partial charge in [-0.2, -0.15) is 4.98 Å². The molecule has 0 saturated heterocycles. The van der Waals surface area contributed by atoms with Crippen molar-refractivity contribution in [3.8, 4) is 17.1 Å². The Bertz CT molecular complexity index is 639. The van der Waals surface area contributed by atoms with Crippen molar-refractivity contribution in [2.75, 3.05) is 6.61 Å². The quantitative estimate of drug-likeness (QED) is 0.640. The van der Waals surface area contributed by atoms with Crippen molar-refractivity contribution in [2.24, 2.45) is 11.7 Å². The summed E-state index contributed by atoms with van der Waals surface area (Å²) in [5.41, 5.74) is 5.73. The fraction of sp³-hybridized carbons (Fsp3) is 0.385. The van der Waals surface area contributed by atoms with E-state index in [9.17, 15) is 10.1 Å². The van der Waals surface area contributed by atoms with Gasteiger partial charge >= 0.3 is 5.69 Å². The molecule has 0 spiro atoms. The molecule has 1 heterocycles. The van der Waals surface area contributed by atoms with Gasteiger partial charge in [0.1, 0.15) is 0 Å². The number of nitro benzene ring substituents is 1. The minimum Gasteiger partial charge on any atom is -0.487 e. The molecule has 1 aromatic heterocycles. The van der Waals surface area contributed by atoms with E-state index in [1.165, 1.54) is 12.1 Å². The number of nitrogens with two attached hydrogens (primary N) is 1. The van der Waals surface area contributed by atoms with E-state index in [0.717, 1.165) is 0 Å². The van der Waals surface area contributed by atoms with Gasteiger partial charge in [0.25, 0.3) is 0 Å². The zero-order chi connectivity index (χ0) is 15.4. The summed E-state index contributed by atoms with van der Waals surface area (Å²) < 4.78 is 10.3. The summed E-state index contributed by atoms with van der Waals surface area (Å²) in [6.45, 7) is 4.45. The summed E-state index contributed by atoms with van der Waals surface area (Å²) in [4.78, 5) is 14.7. The lowest BCUT2D eigenvalue weighted by atomic mass is 10.1. The molecule has 0 saturated carbocycles. The molecule has 112 valence electrons. The molecular formula is C13H16N4O4. The molecule has 8 heteroatoms. The summed E-state index contributed by atoms with van der Waals surface area (Å²) in [6.07, 6.45) is 0. The molecule has 0 bridgehead atoms. The SMILES string of the molecule is CC(C)COc1ccc(-c2noc(CN)n2)cc1[N+](=O)[O-]. The van der Waals surface area contributed by atoms with Crippen LogP contribution in [0.3, 0.4) is 0 Å². The maximum Gasteiger partial charge on any atom is 0.311 e. The Morgan fingerprint density at radius 3 is 2.81 bits per heavy atom. The van der Waals surface area contributed by atoms with E-state index in [2.05, 4.69) is 10.1 Å². The van der Waals surface area contributed by atoms with Gasteiger partial charge in [0.2, 0.25) is 11.7 Å². The predicted molar refractivity (Wildman–Crippen MR) is 74.6 cm³/mol. The third kappa shape index (κ3) is 3.54. The highest BCUT2D eigenvalue weighted by molar-refractivity contribution is 5.63. The number of ether oxygens (including phenoxy) is 1. The van der Waals surface area contributed by atoms with Gasteiger partial charge in [-0.25, -0.2) is 0 Å². The smallest absolute Gasteiger partial charge is 0.311 e. The standard InChI is InChI=1S/C13H16N4O4/c1-8(2)7-20-11-4-3-9(5-10(11)17(18)19)13-15-12(6-14)21-16-13/h3-5,8H,6-7,14H2,1-2H3. The molecule has 8 nitrogen and oxygen atoms in total. The van der Waals surface area contributed by atoms with Crippen molar-refractivity contribution in [1.82, 2.24) is 10.1 Å². The Kier molecular flexibility index (Phi) is 4.49. The molecular weight excluding hydrogens is 276 g/mol. The summed E-state index contributed by atoms with van der Waals surface area (Å²) in [5.74, 6) is 1.02. The van der Waals surface area contributed by atoms with Gasteiger partial charge in [0, 0.05) is 11.6 Å². The largest absolute Gasteiger partial charge is 0.487 e. The number of rotatable bonds is 6. The molecule has 2 rings (SSSR count). The van der Waals surface area contributed by atoms with Crippen LogP contribution in [0, 0.1) is 16.0 Å². The molecule has 2 aromatic rings. The first-order chi connectivity index (χ1) is 10.0. The highest BCUT2D eigenvalue weighted by Gasteiger charge is 2.19. The van der Waals surface area contributed by atoms with Crippen LogP contribution in [0.25, 0.3) is 11.4 Å². The molecule has 0 amide bonds. The van der Waals surface area contributed by atoms with Crippen molar-refractivity contribution in [2.45, 2.75) is 20.4 Å². The van der Waals surface area contributed by atoms with E-state index in [0.29, 0.717) is 12.2 Å². The van der Waals surface area contributed by atoms with Crippen LogP contribution in [0.2, 0.25) is 0 Å². The molecule has 0 aliphatic rings. The second-order valence-electron chi connectivity index (χ2n) is 4.86. The molecule has 21 heavy (non-hydrogen) atoms. The van der Waals surface area contributed by atoms with Crippen LogP contribution in [0.1, 0.15) is 19.7 Å². The van der Waals surface area contributed by atoms with Gasteiger partial charge < -0.3 is 15.0 Å². The average Bonchev–Trinajstić information content (AvgIpc) is 2.93. The van der Waals surface area contributed by atoms with Crippen LogP contribution in [-0.4, -0.2) is 21.7 Å². The lowest BCUT2D eigenvalue weighted by Gasteiger charge is -2.09. The fourth-order valence-corrected chi connectivity index (χ4v) is 1.63. The zero-order valence-electron chi connectivity index (χ0n) is 11.8. The monoisotopic (exact) mass is 292 g/mol. The number of nitrogens with zero attached hydrogens (tertiary/aromatic N) is 3. The van der Waals surface area contributed by atoms with Gasteiger partial charge in [0.15, 0.2) is 5.75 Å². The Morgan fingerprint density at radius 1 is 1.48 bits per heavy atom. The molecule has 0 atom stereocenters. The van der Waals surface area contributed by atoms with Crippen LogP contribution >= 0.6 is 0 Å². The van der Waals surface area contributed by atoms with Gasteiger partial charge in [-0.1, -0.05) is 19.0 Å². The molecule has 2 N–H and O–H groups in total. The second-order valence-corrected chi connectivity index (χ2v) is 4.86. The maximum atomic E-state index is 11.2. The van der Waals surface area contributed by atoms with Gasteiger partial charge in [0.05, 0.1) is 18.1 Å². The number of aromatic nitrogens is 2. The highest BCUT2D eigenvalue weighted by atomic mass is 16.6. The zero-order valence-corrected chi connectivity index (χ0v) is 11.8. The lowest BCUT2D eigenvalue weighted by Crippen LogP contribution is -2.06. The Balaban J connectivity index is 2.33. The van der Waals surface area contributed by atoms with Crippen LogP contribution in [0.4, 0.5) is 5.69 Å². The molecule has 0 radical (unpaired) electrons. The fourth-order valence-electron chi connectivity index (χ4n) is 1.63. The van der Waals surface area contributed by atoms with E-state index in [4.69, 9.17) is 15.0 Å². The number of benzene rings is 1. The number of nitro groups is 1. The predicted octanol–water partition coefficient (Wildman–Crippen LogP) is 2.14. The Labute approximate surface area is 121 Å². The first-order valence-corrected chi connectivity index (χ1v) is 6.45. The molecule has 0 unspecified atom stereocenters. The minimum absolute atomic E-state index is 0.116. The highest BCUT2D eigenvalue weighted by Crippen LogP contribution is 2.31. The summed E-state index contributed by atoms with van der Waals surface area (Å²) in [5, 5.41) is 14.9. The first-order valence-electron chi connectivity index (χ1n) is 6.45. The van der Waals surface area contributed by atoms with Gasteiger partial charge in [-0.15, -0.1) is 0 Å². The number of hydrogen-bond acceptors (Lipinski definition) is 7. The summed E-state index contributed by atoms with van der Waals surface area (Å²) in [7, 11) is 0. The first kappa shape index (κ1) is 14.9. The minimum atomic E-state index is -0.497. The van der Waals surface area contributed by atoms with Crippen LogP contribution < -0.4 is 10.5 Å². The lowest BCUT2D eigenvalue weighted by molar-refractivity contribution is -0.385. The van der Waals surface area contributed by atoms with Crippen LogP contribution in [-0.2, 0) is 6.54 Å². The Morgan fingerprint density at radius 2 is 2.24 bits per heavy atom. The molecule has 1 aromatic carbocycles. The van der Waals surface area contributed by atoms with E-state index in [1.54, 1.807) is 6.07 Å². The van der Waals surface area contributed by atoms with E-state index in [-0.39, 0.29) is 35.6 Å². The van der Waals surface area contributed by atoms with Crippen molar-refractivity contribution in [3.05, 3.63) is 34.2 Å². The maximum absolute atomic E-state index is 11.2. The van der Waals surface area contributed by atoms with Crippen molar-refractivity contribution in [1.29, 1.82) is 0 Å². The van der Waals surface area contributed by atoms with E-state index >= 15 is 0 Å². The van der Waals surface area contributed by atoms with Gasteiger partial charge in [-0.3, -0.25) is 10.1 Å². The second kappa shape index (κ2) is 6.31. The van der Waals surface area contributed by atoms with Crippen LogP contribution in [0.15, 0.2) is 22.7 Å². The van der Waals surface area contributed by atoms with Crippen molar-refractivity contribution < 1.29 is 14.2 Å². The number of hydrogen-bond donors (Lipinski definition) is 1.